The van der Waals surface area contributed by atoms with Crippen molar-refractivity contribution in [1.29, 1.82) is 0 Å². The highest BCUT2D eigenvalue weighted by Gasteiger charge is 2.34. The number of aromatic nitrogens is 2. The summed E-state index contributed by atoms with van der Waals surface area (Å²) in [6.07, 6.45) is 7.75. The Hall–Kier alpha value is -3.71. The lowest BCUT2D eigenvalue weighted by atomic mass is 9.84. The fourth-order valence-electron chi connectivity index (χ4n) is 5.08. The first kappa shape index (κ1) is 26.9. The van der Waals surface area contributed by atoms with Crippen LogP contribution in [0.2, 0.25) is 5.02 Å². The van der Waals surface area contributed by atoms with Crippen LogP contribution in [0.15, 0.2) is 35.0 Å². The van der Waals surface area contributed by atoms with E-state index in [0.29, 0.717) is 24.3 Å². The second-order valence-electron chi connectivity index (χ2n) is 9.75. The second kappa shape index (κ2) is 10.8. The van der Waals surface area contributed by atoms with Crippen molar-refractivity contribution in [2.45, 2.75) is 44.6 Å². The van der Waals surface area contributed by atoms with Crippen LogP contribution >= 0.6 is 11.6 Å². The van der Waals surface area contributed by atoms with Gasteiger partial charge in [-0.05, 0) is 44.2 Å². The number of carbonyl (C=O) groups is 3. The van der Waals surface area contributed by atoms with Crippen LogP contribution < -0.4 is 15.4 Å². The maximum atomic E-state index is 13.3. The quantitative estimate of drug-likeness (QED) is 0.385. The van der Waals surface area contributed by atoms with E-state index >= 15 is 0 Å². The Labute approximate surface area is 229 Å². The van der Waals surface area contributed by atoms with Gasteiger partial charge in [-0.15, -0.1) is 0 Å². The van der Waals surface area contributed by atoms with Crippen LogP contribution in [0.1, 0.15) is 49.1 Å². The summed E-state index contributed by atoms with van der Waals surface area (Å²) in [4.78, 5) is 48.8. The third-order valence-electron chi connectivity index (χ3n) is 6.87. The Morgan fingerprint density at radius 2 is 1.87 bits per heavy atom. The molecule has 0 aromatic carbocycles. The molecule has 0 atom stereocenters. The summed E-state index contributed by atoms with van der Waals surface area (Å²) in [6.45, 7) is 0.768. The summed E-state index contributed by atoms with van der Waals surface area (Å²) in [5.41, 5.74) is 0.499. The fraction of sp³-hybridized carbons (Fsp3) is 0.400. The first-order chi connectivity index (χ1) is 18.6. The number of hydrogen-bond acceptors (Lipinski definition) is 8. The smallest absolute Gasteiger partial charge is 0.294 e. The number of pyridine rings is 2. The van der Waals surface area contributed by atoms with E-state index < -0.39 is 15.9 Å². The van der Waals surface area contributed by atoms with Gasteiger partial charge in [0.1, 0.15) is 17.0 Å². The normalized spacial score (nSPS) is 19.7. The maximum Gasteiger partial charge on any atom is 0.294 e. The predicted molar refractivity (Wildman–Crippen MR) is 145 cm³/mol. The molecule has 14 heteroatoms. The summed E-state index contributed by atoms with van der Waals surface area (Å²) in [5.74, 6) is -1.12. The largest absolute Gasteiger partial charge is 0.447 e. The van der Waals surface area contributed by atoms with E-state index in [4.69, 9.17) is 16.0 Å². The third kappa shape index (κ3) is 6.14. The van der Waals surface area contributed by atoms with Gasteiger partial charge in [0.15, 0.2) is 5.58 Å². The van der Waals surface area contributed by atoms with E-state index in [1.807, 2.05) is 4.90 Å². The molecular weight excluding hydrogens is 548 g/mol. The van der Waals surface area contributed by atoms with Gasteiger partial charge in [0.25, 0.3) is 5.91 Å². The highest BCUT2D eigenvalue weighted by Crippen LogP contribution is 2.35. The van der Waals surface area contributed by atoms with Gasteiger partial charge in [0, 0.05) is 37.2 Å². The molecule has 39 heavy (non-hydrogen) atoms. The Bertz CT molecular complexity index is 1530. The molecule has 3 amide bonds. The molecular formula is C25H27ClN6O6S. The van der Waals surface area contributed by atoms with Gasteiger partial charge in [-0.1, -0.05) is 11.6 Å². The predicted octanol–water partition coefficient (Wildman–Crippen LogP) is 3.62. The molecule has 3 aromatic rings. The lowest BCUT2D eigenvalue weighted by Crippen LogP contribution is -2.40. The van der Waals surface area contributed by atoms with Gasteiger partial charge in [-0.25, -0.2) is 18.4 Å². The zero-order valence-corrected chi connectivity index (χ0v) is 22.6. The van der Waals surface area contributed by atoms with E-state index in [0.717, 1.165) is 32.1 Å². The molecule has 5 rings (SSSR count). The fourth-order valence-corrected chi connectivity index (χ4v) is 5.73. The highest BCUT2D eigenvalue weighted by molar-refractivity contribution is 7.92. The summed E-state index contributed by atoms with van der Waals surface area (Å²) in [7, 11) is -3.58. The van der Waals surface area contributed by atoms with Gasteiger partial charge in [-0.3, -0.25) is 19.1 Å². The lowest BCUT2D eigenvalue weighted by Gasteiger charge is -2.34. The Morgan fingerprint density at radius 3 is 2.51 bits per heavy atom. The summed E-state index contributed by atoms with van der Waals surface area (Å²) < 4.78 is 31.4. The molecule has 0 radical (unpaired) electrons. The lowest BCUT2D eigenvalue weighted by molar-refractivity contribution is -0.130. The topological polar surface area (TPSA) is 164 Å². The van der Waals surface area contributed by atoms with Crippen molar-refractivity contribution >= 4 is 67.6 Å². The van der Waals surface area contributed by atoms with Gasteiger partial charge in [0.05, 0.1) is 23.2 Å². The number of nitrogens with zero attached hydrogens (tertiary/aromatic N) is 3. The first-order valence-electron chi connectivity index (χ1n) is 12.5. The number of sulfonamides is 1. The number of nitrogens with one attached hydrogen (secondary N) is 3. The van der Waals surface area contributed by atoms with Crippen molar-refractivity contribution in [3.8, 4) is 0 Å². The Morgan fingerprint density at radius 1 is 1.10 bits per heavy atom. The van der Waals surface area contributed by atoms with Crippen LogP contribution in [0, 0.1) is 5.92 Å². The third-order valence-corrected chi connectivity index (χ3v) is 7.70. The molecule has 0 unspecified atom stereocenters. The highest BCUT2D eigenvalue weighted by atomic mass is 35.5. The standard InChI is InChI=1S/C25H27ClN6O6S/c1-39(36,37)31-16-11-18-21(28-13-16)22(23(38-18)25(35)29-19-9-6-15(26)12-27-19)30-24(34)14-4-7-17(8-5-14)32-10-2-3-20(32)33/h6,9,11-14,17,31H,2-5,7-8,10H2,1H3,(H,30,34)(H,27,29,35)/t14-,17-. The van der Waals surface area contributed by atoms with Crippen LogP contribution in [0.5, 0.6) is 0 Å². The monoisotopic (exact) mass is 574 g/mol. The van der Waals surface area contributed by atoms with Crippen LogP contribution in [0.25, 0.3) is 11.1 Å². The van der Waals surface area contributed by atoms with Crippen LogP contribution in [0.4, 0.5) is 17.2 Å². The number of furan rings is 1. The van der Waals surface area contributed by atoms with E-state index in [1.165, 1.54) is 24.5 Å². The number of fused-ring (bicyclic) bond motifs is 1. The minimum atomic E-state index is -3.58. The molecule has 12 nitrogen and oxygen atoms in total. The molecule has 2 aliphatic rings. The number of anilines is 3. The molecule has 1 aliphatic heterocycles. The number of rotatable bonds is 7. The molecule has 2 fully saturated rings. The molecule has 1 saturated carbocycles. The van der Waals surface area contributed by atoms with E-state index in [9.17, 15) is 22.8 Å². The first-order valence-corrected chi connectivity index (χ1v) is 14.8. The summed E-state index contributed by atoms with van der Waals surface area (Å²) in [6, 6.07) is 4.60. The van der Waals surface area contributed by atoms with Crippen molar-refractivity contribution in [2.75, 3.05) is 28.2 Å². The average molecular weight is 575 g/mol. The molecule has 4 heterocycles. The van der Waals surface area contributed by atoms with E-state index in [1.54, 1.807) is 6.07 Å². The molecule has 3 aromatic heterocycles. The number of carbonyl (C=O) groups excluding carboxylic acids is 3. The number of halogens is 1. The molecule has 206 valence electrons. The van der Waals surface area contributed by atoms with Gasteiger partial charge in [-0.2, -0.15) is 0 Å². The number of likely N-dealkylation sites (tertiary alicyclic amines) is 1. The van der Waals surface area contributed by atoms with Crippen LogP contribution in [0.3, 0.4) is 0 Å². The minimum Gasteiger partial charge on any atom is -0.447 e. The van der Waals surface area contributed by atoms with Crippen molar-refractivity contribution in [3.05, 3.63) is 41.4 Å². The number of hydrogen-bond donors (Lipinski definition) is 3. The Balaban J connectivity index is 1.39. The second-order valence-corrected chi connectivity index (χ2v) is 11.9. The van der Waals surface area contributed by atoms with E-state index in [-0.39, 0.29) is 57.8 Å². The zero-order chi connectivity index (χ0) is 27.7. The SMILES string of the molecule is CS(=O)(=O)Nc1cnc2c(NC(=O)[C@H]3CC[C@H](N4CCCC4=O)CC3)c(C(=O)Nc3ccc(Cl)cn3)oc2c1. The van der Waals surface area contributed by atoms with Gasteiger partial charge >= 0.3 is 0 Å². The van der Waals surface area contributed by atoms with Crippen LogP contribution in [-0.2, 0) is 19.6 Å². The maximum absolute atomic E-state index is 13.3. The van der Waals surface area contributed by atoms with Crippen molar-refractivity contribution in [2.24, 2.45) is 5.92 Å². The molecule has 1 saturated heterocycles. The van der Waals surface area contributed by atoms with Crippen LogP contribution in [-0.4, -0.2) is 59.8 Å². The van der Waals surface area contributed by atoms with Crippen molar-refractivity contribution < 1.29 is 27.2 Å². The number of amides is 3. The Kier molecular flexibility index (Phi) is 7.45. The summed E-state index contributed by atoms with van der Waals surface area (Å²) in [5, 5.41) is 5.82. The molecule has 0 spiro atoms. The molecule has 0 bridgehead atoms. The van der Waals surface area contributed by atoms with Crippen molar-refractivity contribution in [3.63, 3.8) is 0 Å². The minimum absolute atomic E-state index is 0.0733. The zero-order valence-electron chi connectivity index (χ0n) is 21.1. The molecule has 3 N–H and O–H groups in total. The molecule has 1 aliphatic carbocycles. The van der Waals surface area contributed by atoms with Gasteiger partial charge < -0.3 is 20.0 Å². The van der Waals surface area contributed by atoms with Crippen molar-refractivity contribution in [1.82, 2.24) is 14.9 Å². The summed E-state index contributed by atoms with van der Waals surface area (Å²) >= 11 is 5.87. The van der Waals surface area contributed by atoms with Gasteiger partial charge in [0.2, 0.25) is 27.6 Å². The average Bonchev–Trinajstić information content (AvgIpc) is 3.47. The van der Waals surface area contributed by atoms with E-state index in [2.05, 4.69) is 25.3 Å².